The molecule has 0 saturated carbocycles. The van der Waals surface area contributed by atoms with Crippen molar-refractivity contribution in [3.63, 3.8) is 0 Å². The Bertz CT molecular complexity index is 668. The lowest BCUT2D eigenvalue weighted by molar-refractivity contribution is 0.0690. The van der Waals surface area contributed by atoms with Crippen molar-refractivity contribution in [2.45, 2.75) is 6.42 Å². The maximum absolute atomic E-state index is 10.9. The van der Waals surface area contributed by atoms with Crippen LogP contribution in [0, 0.1) is 0 Å². The van der Waals surface area contributed by atoms with Crippen LogP contribution in [0.15, 0.2) is 18.2 Å². The molecule has 0 spiro atoms. The van der Waals surface area contributed by atoms with Crippen LogP contribution >= 0.6 is 11.6 Å². The van der Waals surface area contributed by atoms with Gasteiger partial charge in [-0.2, -0.15) is 5.10 Å². The predicted octanol–water partition coefficient (Wildman–Crippen LogP) is 2.59. The summed E-state index contributed by atoms with van der Waals surface area (Å²) in [5.74, 6) is -0.0130. The number of hydrogen-bond acceptors (Lipinski definition) is 4. The first kappa shape index (κ1) is 12.8. The van der Waals surface area contributed by atoms with E-state index in [1.54, 1.807) is 12.1 Å². The molecule has 0 atom stereocenters. The van der Waals surface area contributed by atoms with Crippen LogP contribution in [0.1, 0.15) is 16.9 Å². The number of H-pyrrole nitrogens is 1. The fourth-order valence-corrected chi connectivity index (χ4v) is 2.28. The molecule has 2 heterocycles. The Morgan fingerprint density at radius 1 is 1.35 bits per heavy atom. The van der Waals surface area contributed by atoms with E-state index in [9.17, 15) is 4.79 Å². The zero-order chi connectivity index (χ0) is 14.1. The first-order chi connectivity index (χ1) is 9.66. The molecule has 1 aliphatic heterocycles. The van der Waals surface area contributed by atoms with E-state index >= 15 is 0 Å². The van der Waals surface area contributed by atoms with Crippen LogP contribution in [-0.4, -0.2) is 34.5 Å². The third kappa shape index (κ3) is 2.18. The van der Waals surface area contributed by atoms with Gasteiger partial charge in [-0.15, -0.1) is 0 Å². The lowest BCUT2D eigenvalue weighted by Crippen LogP contribution is -1.97. The Labute approximate surface area is 119 Å². The van der Waals surface area contributed by atoms with E-state index in [2.05, 4.69) is 10.2 Å². The molecule has 2 N–H and O–H groups in total. The number of carboxylic acid groups (broad SMARTS) is 1. The highest BCUT2D eigenvalue weighted by atomic mass is 35.5. The highest BCUT2D eigenvalue weighted by Crippen LogP contribution is 2.42. The summed E-state index contributed by atoms with van der Waals surface area (Å²) in [6.07, 6.45) is 0.784. The highest BCUT2D eigenvalue weighted by Gasteiger charge is 2.20. The number of carboxylic acids is 1. The van der Waals surface area contributed by atoms with Crippen LogP contribution in [0.3, 0.4) is 0 Å². The van der Waals surface area contributed by atoms with Crippen LogP contribution in [0.2, 0.25) is 5.02 Å². The Balaban J connectivity index is 2.05. The van der Waals surface area contributed by atoms with E-state index in [4.69, 9.17) is 26.2 Å². The minimum atomic E-state index is -1.07. The Hall–Kier alpha value is -2.21. The molecule has 0 fully saturated rings. The summed E-state index contributed by atoms with van der Waals surface area (Å²) in [7, 11) is 0. The third-order valence-electron chi connectivity index (χ3n) is 2.94. The van der Waals surface area contributed by atoms with Crippen molar-refractivity contribution in [2.24, 2.45) is 0 Å². The number of nitrogens with zero attached hydrogens (tertiary/aromatic N) is 1. The van der Waals surface area contributed by atoms with Gasteiger partial charge in [0.1, 0.15) is 5.69 Å². The van der Waals surface area contributed by atoms with Gasteiger partial charge in [-0.25, -0.2) is 4.79 Å². The molecule has 0 radical (unpaired) electrons. The van der Waals surface area contributed by atoms with Crippen molar-refractivity contribution in [3.05, 3.63) is 28.9 Å². The van der Waals surface area contributed by atoms with Gasteiger partial charge in [-0.3, -0.25) is 5.10 Å². The van der Waals surface area contributed by atoms with Crippen LogP contribution < -0.4 is 9.47 Å². The quantitative estimate of drug-likeness (QED) is 0.889. The number of halogens is 1. The monoisotopic (exact) mass is 294 g/mol. The first-order valence-corrected chi connectivity index (χ1v) is 6.42. The van der Waals surface area contributed by atoms with Gasteiger partial charge in [0.15, 0.2) is 11.5 Å². The summed E-state index contributed by atoms with van der Waals surface area (Å²) in [5, 5.41) is 15.7. The van der Waals surface area contributed by atoms with Gasteiger partial charge in [0.25, 0.3) is 0 Å². The molecular formula is C13H11ClN2O4. The van der Waals surface area contributed by atoms with Crippen LogP contribution in [0.5, 0.6) is 11.5 Å². The zero-order valence-electron chi connectivity index (χ0n) is 10.4. The number of nitrogens with one attached hydrogen (secondary N) is 1. The summed E-state index contributed by atoms with van der Waals surface area (Å²) in [5.41, 5.74) is 1.05. The number of aromatic amines is 1. The zero-order valence-corrected chi connectivity index (χ0v) is 11.1. The third-order valence-corrected chi connectivity index (χ3v) is 3.31. The number of fused-ring (bicyclic) bond motifs is 1. The van der Waals surface area contributed by atoms with Gasteiger partial charge in [0.2, 0.25) is 0 Å². The molecule has 3 rings (SSSR count). The Kier molecular flexibility index (Phi) is 3.23. The number of aromatic nitrogens is 2. The van der Waals surface area contributed by atoms with E-state index in [0.29, 0.717) is 41.0 Å². The fraction of sp³-hybridized carbons (Fsp3) is 0.231. The van der Waals surface area contributed by atoms with Gasteiger partial charge < -0.3 is 14.6 Å². The summed E-state index contributed by atoms with van der Waals surface area (Å²) in [4.78, 5) is 10.9. The van der Waals surface area contributed by atoms with Gasteiger partial charge in [-0.1, -0.05) is 11.6 Å². The fourth-order valence-electron chi connectivity index (χ4n) is 1.97. The second-order valence-corrected chi connectivity index (χ2v) is 4.65. The van der Waals surface area contributed by atoms with E-state index in [1.807, 2.05) is 0 Å². The molecule has 0 amide bonds. The molecule has 0 saturated heterocycles. The molecule has 104 valence electrons. The van der Waals surface area contributed by atoms with E-state index in [1.165, 1.54) is 6.07 Å². The molecule has 1 aromatic carbocycles. The number of rotatable bonds is 2. The largest absolute Gasteiger partial charge is 0.490 e. The van der Waals surface area contributed by atoms with Crippen molar-refractivity contribution in [2.75, 3.05) is 13.2 Å². The molecule has 1 aliphatic rings. The smallest absolute Gasteiger partial charge is 0.353 e. The van der Waals surface area contributed by atoms with Crippen molar-refractivity contribution in [1.29, 1.82) is 0 Å². The van der Waals surface area contributed by atoms with Crippen molar-refractivity contribution >= 4 is 17.6 Å². The second-order valence-electron chi connectivity index (χ2n) is 4.28. The van der Waals surface area contributed by atoms with Crippen LogP contribution in [0.25, 0.3) is 11.3 Å². The highest BCUT2D eigenvalue weighted by molar-refractivity contribution is 6.35. The van der Waals surface area contributed by atoms with E-state index < -0.39 is 5.97 Å². The van der Waals surface area contributed by atoms with Gasteiger partial charge >= 0.3 is 5.97 Å². The number of aromatic carboxylic acids is 1. The molecule has 6 nitrogen and oxygen atoms in total. The molecule has 2 aromatic rings. The average molecular weight is 295 g/mol. The van der Waals surface area contributed by atoms with Crippen molar-refractivity contribution in [3.8, 4) is 22.8 Å². The molecule has 0 unspecified atom stereocenters. The number of hydrogen-bond donors (Lipinski definition) is 2. The van der Waals surface area contributed by atoms with Crippen LogP contribution in [0.4, 0.5) is 0 Å². The molecule has 0 bridgehead atoms. The Morgan fingerprint density at radius 3 is 2.90 bits per heavy atom. The number of carbonyl (C=O) groups is 1. The number of benzene rings is 1. The summed E-state index contributed by atoms with van der Waals surface area (Å²) in [6.45, 7) is 1.10. The molecule has 1 aromatic heterocycles. The van der Waals surface area contributed by atoms with E-state index in [-0.39, 0.29) is 5.69 Å². The maximum atomic E-state index is 10.9. The van der Waals surface area contributed by atoms with Gasteiger partial charge in [0.05, 0.1) is 23.9 Å². The Morgan fingerprint density at radius 2 is 2.15 bits per heavy atom. The predicted molar refractivity (Wildman–Crippen MR) is 71.6 cm³/mol. The SMILES string of the molecule is O=C(O)c1cc(-c2ccc3c(c2Cl)OCCCO3)n[nH]1. The molecule has 20 heavy (non-hydrogen) atoms. The van der Waals surface area contributed by atoms with Crippen LogP contribution in [-0.2, 0) is 0 Å². The average Bonchev–Trinajstić information content (AvgIpc) is 2.78. The lowest BCUT2D eigenvalue weighted by Gasteiger charge is -2.11. The first-order valence-electron chi connectivity index (χ1n) is 6.04. The topological polar surface area (TPSA) is 84.4 Å². The van der Waals surface area contributed by atoms with E-state index in [0.717, 1.165) is 6.42 Å². The lowest BCUT2D eigenvalue weighted by atomic mass is 10.1. The molecular weight excluding hydrogens is 284 g/mol. The van der Waals surface area contributed by atoms with Crippen molar-refractivity contribution < 1.29 is 19.4 Å². The maximum Gasteiger partial charge on any atom is 0.353 e. The summed E-state index contributed by atoms with van der Waals surface area (Å²) >= 11 is 6.32. The number of ether oxygens (including phenoxy) is 2. The summed E-state index contributed by atoms with van der Waals surface area (Å²) < 4.78 is 11.1. The summed E-state index contributed by atoms with van der Waals surface area (Å²) in [6, 6.07) is 4.90. The van der Waals surface area contributed by atoms with Crippen molar-refractivity contribution in [1.82, 2.24) is 10.2 Å². The van der Waals surface area contributed by atoms with Gasteiger partial charge in [0, 0.05) is 12.0 Å². The second kappa shape index (κ2) is 5.05. The normalized spacial score (nSPS) is 13.8. The minimum absolute atomic E-state index is 0.00294. The molecule has 0 aliphatic carbocycles. The minimum Gasteiger partial charge on any atom is -0.490 e. The van der Waals surface area contributed by atoms with Gasteiger partial charge in [-0.05, 0) is 18.2 Å². The molecule has 7 heteroatoms. The standard InChI is InChI=1S/C13H11ClN2O4/c14-11-7(8-6-9(13(17)18)16-15-8)2-3-10-12(11)20-5-1-4-19-10/h2-3,6H,1,4-5H2,(H,15,16)(H,17,18).